The Balaban J connectivity index is 1.78. The zero-order valence-corrected chi connectivity index (χ0v) is 11.1. The van der Waals surface area contributed by atoms with Crippen molar-refractivity contribution in [3.05, 3.63) is 3.92 Å². The van der Waals surface area contributed by atoms with Crippen LogP contribution in [0.5, 0.6) is 0 Å². The molecule has 0 spiro atoms. The zero-order chi connectivity index (χ0) is 10.7. The molecule has 1 fully saturated rings. The Morgan fingerprint density at radius 2 is 2.20 bits per heavy atom. The lowest BCUT2D eigenvalue weighted by Crippen LogP contribution is -2.32. The molecule has 0 aromatic carbocycles. The quantitative estimate of drug-likeness (QED) is 0.923. The molecule has 84 valence electrons. The van der Waals surface area contributed by atoms with Gasteiger partial charge in [0.2, 0.25) is 5.13 Å². The van der Waals surface area contributed by atoms with E-state index in [9.17, 15) is 0 Å². The van der Waals surface area contributed by atoms with Gasteiger partial charge in [0.1, 0.15) is 0 Å². The van der Waals surface area contributed by atoms with Crippen molar-refractivity contribution in [2.24, 2.45) is 0 Å². The number of aromatic nitrogens is 2. The molecule has 2 heterocycles. The number of likely N-dealkylation sites (tertiary alicyclic amines) is 1. The molecule has 6 heteroatoms. The number of rotatable bonds is 4. The SMILES string of the molecule is CC(CN1CCCC1)Nc1nnc(Br)s1. The van der Waals surface area contributed by atoms with Crippen LogP contribution < -0.4 is 5.32 Å². The fourth-order valence-electron chi connectivity index (χ4n) is 1.87. The predicted molar refractivity (Wildman–Crippen MR) is 66.4 cm³/mol. The molecule has 1 saturated heterocycles. The van der Waals surface area contributed by atoms with Gasteiger partial charge in [0, 0.05) is 12.6 Å². The first-order valence-electron chi connectivity index (χ1n) is 5.22. The standard InChI is InChI=1S/C9H15BrN4S/c1-7(6-14-4-2-3-5-14)11-9-13-12-8(10)15-9/h7H,2-6H2,1H3,(H,11,13). The lowest BCUT2D eigenvalue weighted by molar-refractivity contribution is 0.328. The highest BCUT2D eigenvalue weighted by atomic mass is 79.9. The Bertz CT molecular complexity index is 311. The third-order valence-corrected chi connectivity index (χ3v) is 3.79. The van der Waals surface area contributed by atoms with Crippen molar-refractivity contribution in [1.29, 1.82) is 0 Å². The summed E-state index contributed by atoms with van der Waals surface area (Å²) in [7, 11) is 0. The summed E-state index contributed by atoms with van der Waals surface area (Å²) in [6.45, 7) is 5.77. The minimum absolute atomic E-state index is 0.433. The number of halogens is 1. The molecular formula is C9H15BrN4S. The molecule has 0 bridgehead atoms. The van der Waals surface area contributed by atoms with Gasteiger partial charge in [-0.1, -0.05) is 11.3 Å². The minimum atomic E-state index is 0.433. The molecule has 0 amide bonds. The van der Waals surface area contributed by atoms with Crippen LogP contribution in [0.4, 0.5) is 5.13 Å². The highest BCUT2D eigenvalue weighted by molar-refractivity contribution is 9.11. The molecule has 1 aromatic heterocycles. The molecule has 1 atom stereocenters. The first-order chi connectivity index (χ1) is 7.24. The van der Waals surface area contributed by atoms with E-state index in [1.54, 1.807) is 0 Å². The Morgan fingerprint density at radius 3 is 2.80 bits per heavy atom. The van der Waals surface area contributed by atoms with Crippen molar-refractivity contribution in [3.8, 4) is 0 Å². The number of anilines is 1. The fraction of sp³-hybridized carbons (Fsp3) is 0.778. The van der Waals surface area contributed by atoms with Crippen LogP contribution in [0, 0.1) is 0 Å². The summed E-state index contributed by atoms with van der Waals surface area (Å²) in [6.07, 6.45) is 2.69. The van der Waals surface area contributed by atoms with E-state index in [1.165, 1.54) is 37.3 Å². The van der Waals surface area contributed by atoms with Gasteiger partial charge in [0.25, 0.3) is 0 Å². The van der Waals surface area contributed by atoms with Gasteiger partial charge in [0.05, 0.1) is 0 Å². The number of hydrogen-bond acceptors (Lipinski definition) is 5. The van der Waals surface area contributed by atoms with Crippen molar-refractivity contribution >= 4 is 32.4 Å². The lowest BCUT2D eigenvalue weighted by atomic mass is 10.3. The summed E-state index contributed by atoms with van der Waals surface area (Å²) in [5, 5.41) is 12.2. The second kappa shape index (κ2) is 5.23. The molecule has 1 aliphatic rings. The van der Waals surface area contributed by atoms with Gasteiger partial charge in [-0.15, -0.1) is 10.2 Å². The molecule has 1 N–H and O–H groups in total. The third-order valence-electron chi connectivity index (χ3n) is 2.50. The molecule has 4 nitrogen and oxygen atoms in total. The van der Waals surface area contributed by atoms with Gasteiger partial charge in [-0.3, -0.25) is 0 Å². The summed E-state index contributed by atoms with van der Waals surface area (Å²) < 4.78 is 0.832. The smallest absolute Gasteiger partial charge is 0.206 e. The summed E-state index contributed by atoms with van der Waals surface area (Å²) in [5.74, 6) is 0. The fourth-order valence-corrected chi connectivity index (χ4v) is 2.99. The molecule has 1 unspecified atom stereocenters. The average molecular weight is 291 g/mol. The maximum Gasteiger partial charge on any atom is 0.206 e. The number of hydrogen-bond donors (Lipinski definition) is 1. The molecule has 1 aliphatic heterocycles. The van der Waals surface area contributed by atoms with Gasteiger partial charge in [-0.2, -0.15) is 0 Å². The largest absolute Gasteiger partial charge is 0.356 e. The van der Waals surface area contributed by atoms with Crippen LogP contribution in [0.15, 0.2) is 3.92 Å². The maximum absolute atomic E-state index is 4.02. The van der Waals surface area contributed by atoms with Crippen molar-refractivity contribution in [3.63, 3.8) is 0 Å². The zero-order valence-electron chi connectivity index (χ0n) is 8.74. The highest BCUT2D eigenvalue weighted by Crippen LogP contribution is 2.21. The Hall–Kier alpha value is -0.200. The van der Waals surface area contributed by atoms with Gasteiger partial charge in [-0.25, -0.2) is 0 Å². The van der Waals surface area contributed by atoms with E-state index < -0.39 is 0 Å². The molecular weight excluding hydrogens is 276 g/mol. The molecule has 0 radical (unpaired) electrons. The van der Waals surface area contributed by atoms with Crippen LogP contribution >= 0.6 is 27.3 Å². The van der Waals surface area contributed by atoms with Crippen molar-refractivity contribution < 1.29 is 0 Å². The van der Waals surface area contributed by atoms with Crippen LogP contribution in [0.25, 0.3) is 0 Å². The van der Waals surface area contributed by atoms with E-state index in [2.05, 4.69) is 43.3 Å². The highest BCUT2D eigenvalue weighted by Gasteiger charge is 2.15. The monoisotopic (exact) mass is 290 g/mol. The van der Waals surface area contributed by atoms with E-state index in [0.29, 0.717) is 6.04 Å². The Labute approximate surface area is 102 Å². The normalized spacial score (nSPS) is 19.3. The van der Waals surface area contributed by atoms with Gasteiger partial charge >= 0.3 is 0 Å². The predicted octanol–water partition coefficient (Wildman–Crippen LogP) is 2.20. The molecule has 0 aliphatic carbocycles. The molecule has 15 heavy (non-hydrogen) atoms. The van der Waals surface area contributed by atoms with Crippen LogP contribution in [0.2, 0.25) is 0 Å². The van der Waals surface area contributed by atoms with E-state index in [1.807, 2.05) is 0 Å². The van der Waals surface area contributed by atoms with Crippen LogP contribution in [0.3, 0.4) is 0 Å². The Morgan fingerprint density at radius 1 is 1.47 bits per heavy atom. The molecule has 0 saturated carbocycles. The van der Waals surface area contributed by atoms with Gasteiger partial charge < -0.3 is 10.2 Å². The summed E-state index contributed by atoms with van der Waals surface area (Å²) in [5.41, 5.74) is 0. The summed E-state index contributed by atoms with van der Waals surface area (Å²) >= 11 is 4.84. The van der Waals surface area contributed by atoms with Gasteiger partial charge in [0.15, 0.2) is 3.92 Å². The second-order valence-corrected chi connectivity index (χ2v) is 6.17. The topological polar surface area (TPSA) is 41.0 Å². The number of nitrogens with one attached hydrogen (secondary N) is 1. The van der Waals surface area contributed by atoms with Crippen molar-refractivity contribution in [2.75, 3.05) is 25.0 Å². The molecule has 1 aromatic rings. The van der Waals surface area contributed by atoms with Crippen molar-refractivity contribution in [2.45, 2.75) is 25.8 Å². The second-order valence-electron chi connectivity index (χ2n) is 3.91. The van der Waals surface area contributed by atoms with Crippen LogP contribution in [-0.4, -0.2) is 40.8 Å². The summed E-state index contributed by atoms with van der Waals surface area (Å²) in [4.78, 5) is 2.49. The average Bonchev–Trinajstić information content (AvgIpc) is 2.77. The maximum atomic E-state index is 4.02. The van der Waals surface area contributed by atoms with E-state index in [0.717, 1.165) is 15.6 Å². The van der Waals surface area contributed by atoms with Gasteiger partial charge in [-0.05, 0) is 48.8 Å². The van der Waals surface area contributed by atoms with E-state index in [-0.39, 0.29) is 0 Å². The Kier molecular flexibility index (Phi) is 3.93. The number of nitrogens with zero attached hydrogens (tertiary/aromatic N) is 3. The third kappa shape index (κ3) is 3.39. The lowest BCUT2D eigenvalue weighted by Gasteiger charge is -2.20. The van der Waals surface area contributed by atoms with E-state index in [4.69, 9.17) is 0 Å². The first-order valence-corrected chi connectivity index (χ1v) is 6.83. The van der Waals surface area contributed by atoms with Crippen LogP contribution in [0.1, 0.15) is 19.8 Å². The minimum Gasteiger partial charge on any atom is -0.356 e. The molecule has 2 rings (SSSR count). The van der Waals surface area contributed by atoms with E-state index >= 15 is 0 Å². The first kappa shape index (κ1) is 11.3. The summed E-state index contributed by atoms with van der Waals surface area (Å²) in [6, 6.07) is 0.433. The van der Waals surface area contributed by atoms with Crippen LogP contribution in [-0.2, 0) is 0 Å². The van der Waals surface area contributed by atoms with Crippen molar-refractivity contribution in [1.82, 2.24) is 15.1 Å².